The zero-order valence-corrected chi connectivity index (χ0v) is 18.7. The molecule has 170 valence electrons. The summed E-state index contributed by atoms with van der Waals surface area (Å²) in [6.07, 6.45) is 1.63. The molecule has 1 fully saturated rings. The van der Waals surface area contributed by atoms with Crippen molar-refractivity contribution < 1.29 is 19.1 Å². The van der Waals surface area contributed by atoms with Crippen LogP contribution in [0.3, 0.4) is 0 Å². The van der Waals surface area contributed by atoms with Crippen molar-refractivity contribution >= 4 is 23.3 Å². The number of benzene rings is 2. The predicted molar refractivity (Wildman–Crippen MR) is 126 cm³/mol. The largest absolute Gasteiger partial charge is 0.497 e. The van der Waals surface area contributed by atoms with Gasteiger partial charge in [-0.25, -0.2) is 4.98 Å². The van der Waals surface area contributed by atoms with E-state index in [9.17, 15) is 9.59 Å². The molecule has 4 rings (SSSR count). The van der Waals surface area contributed by atoms with Gasteiger partial charge in [0.1, 0.15) is 17.3 Å². The van der Waals surface area contributed by atoms with Crippen molar-refractivity contribution in [2.24, 2.45) is 0 Å². The van der Waals surface area contributed by atoms with Gasteiger partial charge in [-0.1, -0.05) is 18.2 Å². The summed E-state index contributed by atoms with van der Waals surface area (Å²) in [5, 5.41) is 2.85. The lowest BCUT2D eigenvalue weighted by Crippen LogP contribution is -2.49. The lowest BCUT2D eigenvalue weighted by atomic mass is 10.2. The summed E-state index contributed by atoms with van der Waals surface area (Å²) >= 11 is 0. The average molecular weight is 447 g/mol. The van der Waals surface area contributed by atoms with Gasteiger partial charge in [-0.3, -0.25) is 9.59 Å². The molecule has 0 spiro atoms. The summed E-state index contributed by atoms with van der Waals surface area (Å²) in [4.78, 5) is 33.8. The SMILES string of the molecule is COc1cc(OC)cc(C(=O)Nc2ccc(N3CCN(C(=O)c4ccccc4)CC3)nc2)c1. The van der Waals surface area contributed by atoms with Crippen molar-refractivity contribution in [3.63, 3.8) is 0 Å². The summed E-state index contributed by atoms with van der Waals surface area (Å²) < 4.78 is 10.5. The Bertz CT molecular complexity index is 1090. The Morgan fingerprint density at radius 3 is 2.09 bits per heavy atom. The number of piperazine rings is 1. The molecule has 8 nitrogen and oxygen atoms in total. The molecule has 8 heteroatoms. The number of anilines is 2. The van der Waals surface area contributed by atoms with Crippen molar-refractivity contribution in [2.75, 3.05) is 50.6 Å². The zero-order valence-electron chi connectivity index (χ0n) is 18.7. The van der Waals surface area contributed by atoms with Crippen LogP contribution in [-0.4, -0.2) is 62.1 Å². The van der Waals surface area contributed by atoms with Gasteiger partial charge in [-0.05, 0) is 36.4 Å². The molecule has 0 saturated carbocycles. The molecule has 1 N–H and O–H groups in total. The van der Waals surface area contributed by atoms with E-state index in [-0.39, 0.29) is 11.8 Å². The van der Waals surface area contributed by atoms with Crippen LogP contribution in [-0.2, 0) is 0 Å². The lowest BCUT2D eigenvalue weighted by molar-refractivity contribution is 0.0746. The molecule has 3 aromatic rings. The zero-order chi connectivity index (χ0) is 23.2. The van der Waals surface area contributed by atoms with Crippen LogP contribution >= 0.6 is 0 Å². The first-order valence-corrected chi connectivity index (χ1v) is 10.7. The molecule has 0 unspecified atom stereocenters. The van der Waals surface area contributed by atoms with E-state index in [2.05, 4.69) is 15.2 Å². The second-order valence-corrected chi connectivity index (χ2v) is 7.61. The number of hydrogen-bond donors (Lipinski definition) is 1. The number of aromatic nitrogens is 1. The number of amides is 2. The monoisotopic (exact) mass is 446 g/mol. The van der Waals surface area contributed by atoms with Gasteiger partial charge >= 0.3 is 0 Å². The van der Waals surface area contributed by atoms with Crippen LogP contribution in [0.1, 0.15) is 20.7 Å². The molecule has 0 atom stereocenters. The number of nitrogens with zero attached hydrogens (tertiary/aromatic N) is 3. The van der Waals surface area contributed by atoms with Gasteiger partial charge < -0.3 is 24.6 Å². The Morgan fingerprint density at radius 1 is 0.848 bits per heavy atom. The van der Waals surface area contributed by atoms with Crippen LogP contribution in [0.15, 0.2) is 66.9 Å². The van der Waals surface area contributed by atoms with Crippen LogP contribution < -0.4 is 19.7 Å². The Labute approximate surface area is 192 Å². The summed E-state index contributed by atoms with van der Waals surface area (Å²) in [5.74, 6) is 1.66. The molecule has 1 aliphatic rings. The Morgan fingerprint density at radius 2 is 1.52 bits per heavy atom. The number of carbonyl (C=O) groups is 2. The number of ether oxygens (including phenoxy) is 2. The third-order valence-corrected chi connectivity index (χ3v) is 5.53. The van der Waals surface area contributed by atoms with Crippen molar-refractivity contribution in [1.29, 1.82) is 0 Å². The standard InChI is InChI=1S/C25H26N4O4/c1-32-21-14-19(15-22(16-21)33-2)24(30)27-20-8-9-23(26-17-20)28-10-12-29(13-11-28)25(31)18-6-4-3-5-7-18/h3-9,14-17H,10-13H2,1-2H3,(H,27,30). The number of carbonyl (C=O) groups excluding carboxylic acids is 2. The number of pyridine rings is 1. The number of hydrogen-bond acceptors (Lipinski definition) is 6. The predicted octanol–water partition coefficient (Wildman–Crippen LogP) is 3.31. The third-order valence-electron chi connectivity index (χ3n) is 5.53. The summed E-state index contributed by atoms with van der Waals surface area (Å²) in [5.41, 5.74) is 1.72. The van der Waals surface area contributed by atoms with Gasteiger partial charge in [0.2, 0.25) is 0 Å². The summed E-state index contributed by atoms with van der Waals surface area (Å²) in [7, 11) is 3.08. The molecular weight excluding hydrogens is 420 g/mol. The minimum atomic E-state index is -0.283. The summed E-state index contributed by atoms with van der Waals surface area (Å²) in [6, 6.07) is 18.0. The Kier molecular flexibility index (Phi) is 6.73. The molecule has 2 amide bonds. The van der Waals surface area contributed by atoms with E-state index in [4.69, 9.17) is 9.47 Å². The van der Waals surface area contributed by atoms with Gasteiger partial charge in [-0.15, -0.1) is 0 Å². The van der Waals surface area contributed by atoms with Gasteiger partial charge in [0.05, 0.1) is 26.1 Å². The quantitative estimate of drug-likeness (QED) is 0.626. The van der Waals surface area contributed by atoms with E-state index in [1.165, 1.54) is 14.2 Å². The average Bonchev–Trinajstić information content (AvgIpc) is 2.89. The van der Waals surface area contributed by atoms with Crippen LogP contribution in [0.25, 0.3) is 0 Å². The van der Waals surface area contributed by atoms with Crippen molar-refractivity contribution in [1.82, 2.24) is 9.88 Å². The first kappa shape index (κ1) is 22.1. The lowest BCUT2D eigenvalue weighted by Gasteiger charge is -2.35. The highest BCUT2D eigenvalue weighted by Gasteiger charge is 2.22. The Hall–Kier alpha value is -4.07. The van der Waals surface area contributed by atoms with E-state index in [1.54, 1.807) is 24.4 Å². The maximum atomic E-state index is 12.7. The summed E-state index contributed by atoms with van der Waals surface area (Å²) in [6.45, 7) is 2.65. The van der Waals surface area contributed by atoms with Crippen molar-refractivity contribution in [2.45, 2.75) is 0 Å². The first-order chi connectivity index (χ1) is 16.1. The molecule has 1 aliphatic heterocycles. The van der Waals surface area contributed by atoms with Crippen molar-refractivity contribution in [3.05, 3.63) is 78.0 Å². The van der Waals surface area contributed by atoms with Crippen molar-refractivity contribution in [3.8, 4) is 11.5 Å². The highest BCUT2D eigenvalue weighted by molar-refractivity contribution is 6.04. The van der Waals surface area contributed by atoms with Gasteiger partial charge in [-0.2, -0.15) is 0 Å². The van der Waals surface area contributed by atoms with Crippen LogP contribution in [0.4, 0.5) is 11.5 Å². The van der Waals surface area contributed by atoms with Gasteiger partial charge in [0, 0.05) is 43.4 Å². The second-order valence-electron chi connectivity index (χ2n) is 7.61. The van der Waals surface area contributed by atoms with E-state index >= 15 is 0 Å². The molecule has 2 aromatic carbocycles. The number of nitrogens with one attached hydrogen (secondary N) is 1. The topological polar surface area (TPSA) is 84.0 Å². The molecular formula is C25H26N4O4. The first-order valence-electron chi connectivity index (χ1n) is 10.7. The smallest absolute Gasteiger partial charge is 0.255 e. The molecule has 2 heterocycles. The minimum absolute atomic E-state index is 0.0513. The highest BCUT2D eigenvalue weighted by Crippen LogP contribution is 2.24. The fraction of sp³-hybridized carbons (Fsp3) is 0.240. The second kappa shape index (κ2) is 10.0. The van der Waals surface area contributed by atoms with E-state index in [0.717, 1.165) is 5.82 Å². The van der Waals surface area contributed by atoms with E-state index in [0.29, 0.717) is 54.5 Å². The molecule has 1 aromatic heterocycles. The molecule has 1 saturated heterocycles. The Balaban J connectivity index is 1.35. The number of rotatable bonds is 6. The fourth-order valence-electron chi connectivity index (χ4n) is 3.69. The third kappa shape index (κ3) is 5.23. The molecule has 33 heavy (non-hydrogen) atoms. The molecule has 0 radical (unpaired) electrons. The van der Waals surface area contributed by atoms with Crippen LogP contribution in [0, 0.1) is 0 Å². The van der Waals surface area contributed by atoms with Gasteiger partial charge in [0.25, 0.3) is 11.8 Å². The normalized spacial score (nSPS) is 13.4. The van der Waals surface area contributed by atoms with Crippen LogP contribution in [0.2, 0.25) is 0 Å². The van der Waals surface area contributed by atoms with E-state index < -0.39 is 0 Å². The highest BCUT2D eigenvalue weighted by atomic mass is 16.5. The van der Waals surface area contributed by atoms with E-state index in [1.807, 2.05) is 47.4 Å². The maximum absolute atomic E-state index is 12.7. The molecule has 0 bridgehead atoms. The van der Waals surface area contributed by atoms with Gasteiger partial charge in [0.15, 0.2) is 0 Å². The van der Waals surface area contributed by atoms with Crippen LogP contribution in [0.5, 0.6) is 11.5 Å². The number of methoxy groups -OCH3 is 2. The fourth-order valence-corrected chi connectivity index (χ4v) is 3.69. The maximum Gasteiger partial charge on any atom is 0.255 e. The minimum Gasteiger partial charge on any atom is -0.497 e. The molecule has 0 aliphatic carbocycles.